The van der Waals surface area contributed by atoms with Gasteiger partial charge in [-0.3, -0.25) is 9.88 Å². The Labute approximate surface area is 255 Å². The van der Waals surface area contributed by atoms with Gasteiger partial charge >= 0.3 is 12.1 Å². The number of alkyl halides is 1. The molecule has 10 nitrogen and oxygen atoms in total. The number of likely N-dealkylation sites (tertiary alicyclic amines) is 1. The van der Waals surface area contributed by atoms with Crippen LogP contribution < -0.4 is 9.64 Å². The minimum atomic E-state index is -1.14. The van der Waals surface area contributed by atoms with E-state index in [1.54, 1.807) is 36.2 Å². The fourth-order valence-corrected chi connectivity index (χ4v) is 6.25. The molecule has 1 N–H and O–H groups in total. The molecule has 44 heavy (non-hydrogen) atoms. The number of aromatic nitrogens is 3. The molecule has 228 valence electrons. The molecular formula is C30H27ClF3N7O3. The number of halogens is 4. The van der Waals surface area contributed by atoms with E-state index in [0.29, 0.717) is 10.8 Å². The molecule has 4 aromatic rings. The summed E-state index contributed by atoms with van der Waals surface area (Å²) in [5, 5.41) is 19.9. The van der Waals surface area contributed by atoms with Crippen molar-refractivity contribution in [2.75, 3.05) is 44.7 Å². The predicted octanol–water partition coefficient (Wildman–Crippen LogP) is 5.28. The molecule has 6 rings (SSSR count). The summed E-state index contributed by atoms with van der Waals surface area (Å²) in [5.41, 5.74) is 0.0278. The van der Waals surface area contributed by atoms with Crippen molar-refractivity contribution in [2.24, 2.45) is 0 Å². The maximum Gasteiger partial charge on any atom is 0.407 e. The van der Waals surface area contributed by atoms with E-state index >= 15 is 4.39 Å². The van der Waals surface area contributed by atoms with Gasteiger partial charge in [0.15, 0.2) is 5.82 Å². The number of nitriles is 1. The van der Waals surface area contributed by atoms with E-state index in [1.165, 1.54) is 17.2 Å². The largest absolute Gasteiger partial charge is 0.465 e. The van der Waals surface area contributed by atoms with Gasteiger partial charge in [0.05, 0.1) is 28.9 Å². The summed E-state index contributed by atoms with van der Waals surface area (Å²) in [7, 11) is 1.79. The molecule has 1 amide bonds. The van der Waals surface area contributed by atoms with Crippen LogP contribution in [-0.4, -0.2) is 94.0 Å². The smallest absolute Gasteiger partial charge is 0.407 e. The molecule has 2 aliphatic rings. The lowest BCUT2D eigenvalue weighted by Crippen LogP contribution is -2.55. The Morgan fingerprint density at radius 3 is 2.73 bits per heavy atom. The Kier molecular flexibility index (Phi) is 8.04. The average molecular weight is 626 g/mol. The zero-order chi connectivity index (χ0) is 31.1. The van der Waals surface area contributed by atoms with Crippen LogP contribution >= 0.6 is 11.6 Å². The van der Waals surface area contributed by atoms with Crippen molar-refractivity contribution in [3.8, 4) is 23.3 Å². The quantitative estimate of drug-likeness (QED) is 0.305. The second kappa shape index (κ2) is 11.9. The summed E-state index contributed by atoms with van der Waals surface area (Å²) in [5.74, 6) is -1.22. The molecule has 2 saturated heterocycles. The van der Waals surface area contributed by atoms with E-state index in [0.717, 1.165) is 0 Å². The highest BCUT2D eigenvalue weighted by atomic mass is 35.5. The number of hydrogen-bond donors (Lipinski definition) is 1. The second-order valence-electron chi connectivity index (χ2n) is 11.0. The Morgan fingerprint density at radius 2 is 2.00 bits per heavy atom. The molecule has 2 aromatic carbocycles. The molecule has 0 saturated carbocycles. The van der Waals surface area contributed by atoms with E-state index in [1.807, 2.05) is 11.0 Å². The van der Waals surface area contributed by atoms with Crippen LogP contribution in [0.25, 0.3) is 32.9 Å². The van der Waals surface area contributed by atoms with Gasteiger partial charge in [0.25, 0.3) is 0 Å². The van der Waals surface area contributed by atoms with E-state index in [9.17, 15) is 23.9 Å². The van der Waals surface area contributed by atoms with Gasteiger partial charge in [-0.2, -0.15) is 15.2 Å². The minimum absolute atomic E-state index is 0.0528. The van der Waals surface area contributed by atoms with E-state index in [4.69, 9.17) is 16.3 Å². The third-order valence-corrected chi connectivity index (χ3v) is 8.60. The molecule has 0 spiro atoms. The van der Waals surface area contributed by atoms with E-state index in [-0.39, 0.29) is 90.7 Å². The molecule has 0 radical (unpaired) electrons. The van der Waals surface area contributed by atoms with Crippen molar-refractivity contribution in [1.82, 2.24) is 24.8 Å². The molecule has 2 fully saturated rings. The zero-order valence-electron chi connectivity index (χ0n) is 23.6. The van der Waals surface area contributed by atoms with Crippen molar-refractivity contribution in [1.29, 1.82) is 5.26 Å². The number of pyridine rings is 1. The number of piperazine rings is 1. The maximum atomic E-state index is 16.5. The van der Waals surface area contributed by atoms with Crippen molar-refractivity contribution in [3.05, 3.63) is 53.2 Å². The Morgan fingerprint density at radius 1 is 1.18 bits per heavy atom. The molecule has 14 heteroatoms. The van der Waals surface area contributed by atoms with E-state index < -0.39 is 29.9 Å². The van der Waals surface area contributed by atoms with Crippen molar-refractivity contribution >= 4 is 45.2 Å². The van der Waals surface area contributed by atoms with Crippen LogP contribution in [0, 0.1) is 23.0 Å². The lowest BCUT2D eigenvalue weighted by molar-refractivity contribution is 0.119. The summed E-state index contributed by atoms with van der Waals surface area (Å²) in [6, 6.07) is 8.76. The lowest BCUT2D eigenvalue weighted by Gasteiger charge is -2.39. The molecule has 0 bridgehead atoms. The number of hydrogen-bond acceptors (Lipinski definition) is 8. The molecule has 2 aliphatic heterocycles. The molecule has 4 heterocycles. The fourth-order valence-electron chi connectivity index (χ4n) is 5.98. The first-order valence-corrected chi connectivity index (χ1v) is 14.4. The molecule has 0 aliphatic carbocycles. The number of ether oxygens (including phenoxy) is 1. The number of nitrogens with zero attached hydrogens (tertiary/aromatic N) is 7. The van der Waals surface area contributed by atoms with Gasteiger partial charge in [-0.15, -0.1) is 0 Å². The summed E-state index contributed by atoms with van der Waals surface area (Å²) in [4.78, 5) is 29.9. The summed E-state index contributed by atoms with van der Waals surface area (Å²) in [6.45, 7) is 0.730. The number of fused-ring (bicyclic) bond motifs is 2. The molecule has 1 unspecified atom stereocenters. The molecule has 3 atom stereocenters. The van der Waals surface area contributed by atoms with Crippen molar-refractivity contribution in [2.45, 2.75) is 31.1 Å². The Bertz CT molecular complexity index is 1810. The number of benzene rings is 2. The number of rotatable bonds is 6. The first-order valence-electron chi connectivity index (χ1n) is 14.0. The van der Waals surface area contributed by atoms with Crippen LogP contribution in [0.1, 0.15) is 12.8 Å². The Balaban J connectivity index is 1.47. The minimum Gasteiger partial charge on any atom is -0.465 e. The first-order chi connectivity index (χ1) is 21.2. The number of carbonyl (C=O) groups is 1. The summed E-state index contributed by atoms with van der Waals surface area (Å²) < 4.78 is 50.9. The van der Waals surface area contributed by atoms with Crippen LogP contribution in [0.4, 0.5) is 23.8 Å². The van der Waals surface area contributed by atoms with Gasteiger partial charge in [-0.25, -0.2) is 18.0 Å². The number of likely N-dealkylation sites (N-methyl/N-ethyl adjacent to an activating group) is 1. The van der Waals surface area contributed by atoms with Crippen LogP contribution in [0.2, 0.25) is 5.02 Å². The Hall–Kier alpha value is -4.41. The topological polar surface area (TPSA) is 119 Å². The number of carboxylic acid groups (broad SMARTS) is 1. The second-order valence-corrected chi connectivity index (χ2v) is 11.3. The maximum absolute atomic E-state index is 16.5. The summed E-state index contributed by atoms with van der Waals surface area (Å²) in [6.07, 6.45) is -0.517. The molecular weight excluding hydrogens is 599 g/mol. The fraction of sp³-hybridized carbons (Fsp3) is 0.367. The number of anilines is 1. The van der Waals surface area contributed by atoms with E-state index in [2.05, 4.69) is 15.0 Å². The van der Waals surface area contributed by atoms with Crippen LogP contribution in [0.15, 0.2) is 36.5 Å². The van der Waals surface area contributed by atoms with Crippen molar-refractivity contribution in [3.63, 3.8) is 0 Å². The third-order valence-electron chi connectivity index (χ3n) is 8.23. The predicted molar refractivity (Wildman–Crippen MR) is 158 cm³/mol. The van der Waals surface area contributed by atoms with Gasteiger partial charge < -0.3 is 19.6 Å². The molecule has 2 aromatic heterocycles. The monoisotopic (exact) mass is 625 g/mol. The van der Waals surface area contributed by atoms with Crippen molar-refractivity contribution < 1.29 is 27.8 Å². The van der Waals surface area contributed by atoms with Crippen LogP contribution in [-0.2, 0) is 0 Å². The SMILES string of the molecule is CN1C[C@H](F)C[C@H]1COc1nc(N2CCN(C(=O)O)C(CC#N)C2)c2cnc(-c3cccc4ccc(F)c(Cl)c34)c(F)c2n1. The third kappa shape index (κ3) is 5.39. The standard InChI is InChI=1S/C30H27ClF3N7O3/c1-39-13-17(32)11-19(39)15-44-29-37-27-21(28(38-29)40-9-10-41(30(42)43)18(14-40)7-8-35)12-36-26(25(27)34)20-4-2-3-16-5-6-22(33)24(31)23(16)20/h2-6,12,17-19H,7,9-11,13-15H2,1H3,(H,42,43)/t17-,18?,19+/m1/s1. The first kappa shape index (κ1) is 29.7. The van der Waals surface area contributed by atoms with Gasteiger partial charge in [0.1, 0.15) is 35.6 Å². The average Bonchev–Trinajstić information content (AvgIpc) is 3.34. The summed E-state index contributed by atoms with van der Waals surface area (Å²) >= 11 is 6.33. The number of amides is 1. The highest BCUT2D eigenvalue weighted by molar-refractivity contribution is 6.36. The van der Waals surface area contributed by atoms with Gasteiger partial charge in [0.2, 0.25) is 0 Å². The van der Waals surface area contributed by atoms with Crippen LogP contribution in [0.3, 0.4) is 0 Å². The van der Waals surface area contributed by atoms with Gasteiger partial charge in [-0.05, 0) is 24.9 Å². The van der Waals surface area contributed by atoms with Crippen LogP contribution in [0.5, 0.6) is 6.01 Å². The van der Waals surface area contributed by atoms with Gasteiger partial charge in [-0.1, -0.05) is 35.9 Å². The normalized spacial score (nSPS) is 20.8. The lowest BCUT2D eigenvalue weighted by atomic mass is 10.0. The highest BCUT2D eigenvalue weighted by Crippen LogP contribution is 2.38. The zero-order valence-corrected chi connectivity index (χ0v) is 24.3. The highest BCUT2D eigenvalue weighted by Gasteiger charge is 2.33. The van der Waals surface area contributed by atoms with Gasteiger partial charge in [0, 0.05) is 49.4 Å².